The highest BCUT2D eigenvalue weighted by Gasteiger charge is 2.12. The summed E-state index contributed by atoms with van der Waals surface area (Å²) in [6.45, 7) is 2.34. The first-order valence-electron chi connectivity index (χ1n) is 6.99. The average Bonchev–Trinajstić information content (AvgIpc) is 2.50. The molecule has 4 heteroatoms. The van der Waals surface area contributed by atoms with Crippen LogP contribution >= 0.6 is 0 Å². The molecule has 0 spiro atoms. The molecule has 2 aromatic rings. The van der Waals surface area contributed by atoms with Crippen molar-refractivity contribution in [2.45, 2.75) is 19.4 Å². The second-order valence-electron chi connectivity index (χ2n) is 4.87. The van der Waals surface area contributed by atoms with E-state index in [2.05, 4.69) is 10.6 Å². The highest BCUT2D eigenvalue weighted by atomic mass is 19.1. The molecule has 0 saturated heterocycles. The zero-order valence-corrected chi connectivity index (χ0v) is 12.0. The summed E-state index contributed by atoms with van der Waals surface area (Å²) in [5.41, 5.74) is 1.42. The Balaban J connectivity index is 1.78. The van der Waals surface area contributed by atoms with Crippen LogP contribution in [0.1, 0.15) is 12.5 Å². The third-order valence-corrected chi connectivity index (χ3v) is 3.24. The molecule has 110 valence electrons. The smallest absolute Gasteiger partial charge is 0.241 e. The van der Waals surface area contributed by atoms with Crippen molar-refractivity contribution in [1.29, 1.82) is 0 Å². The van der Waals surface area contributed by atoms with Gasteiger partial charge in [-0.2, -0.15) is 0 Å². The Morgan fingerprint density at radius 3 is 2.48 bits per heavy atom. The van der Waals surface area contributed by atoms with Gasteiger partial charge in [-0.25, -0.2) is 4.39 Å². The Hall–Kier alpha value is -2.20. The molecule has 2 N–H and O–H groups in total. The predicted molar refractivity (Wildman–Crippen MR) is 82.6 cm³/mol. The van der Waals surface area contributed by atoms with Crippen LogP contribution < -0.4 is 10.6 Å². The maximum Gasteiger partial charge on any atom is 0.241 e. The molecule has 0 aliphatic rings. The van der Waals surface area contributed by atoms with Gasteiger partial charge in [0, 0.05) is 12.2 Å². The van der Waals surface area contributed by atoms with E-state index in [1.807, 2.05) is 36.4 Å². The molecule has 0 saturated carbocycles. The lowest BCUT2D eigenvalue weighted by atomic mass is 10.1. The van der Waals surface area contributed by atoms with Gasteiger partial charge < -0.3 is 10.6 Å². The Kier molecular flexibility index (Phi) is 5.46. The van der Waals surface area contributed by atoms with E-state index in [1.165, 1.54) is 6.07 Å². The molecule has 2 rings (SSSR count). The van der Waals surface area contributed by atoms with Crippen molar-refractivity contribution in [3.8, 4) is 0 Å². The quantitative estimate of drug-likeness (QED) is 0.857. The first-order chi connectivity index (χ1) is 10.2. The van der Waals surface area contributed by atoms with Crippen molar-refractivity contribution in [2.24, 2.45) is 0 Å². The van der Waals surface area contributed by atoms with Gasteiger partial charge in [0.05, 0.1) is 6.04 Å². The van der Waals surface area contributed by atoms with Crippen molar-refractivity contribution >= 4 is 11.6 Å². The summed E-state index contributed by atoms with van der Waals surface area (Å²) in [6, 6.07) is 15.6. The van der Waals surface area contributed by atoms with Gasteiger partial charge in [-0.1, -0.05) is 36.4 Å². The fourth-order valence-electron chi connectivity index (χ4n) is 1.99. The summed E-state index contributed by atoms with van der Waals surface area (Å²) in [5, 5.41) is 5.93. The van der Waals surface area contributed by atoms with Crippen molar-refractivity contribution < 1.29 is 9.18 Å². The molecule has 0 fully saturated rings. The van der Waals surface area contributed by atoms with Crippen molar-refractivity contribution in [2.75, 3.05) is 11.9 Å². The number of carbonyl (C=O) groups excluding carboxylic acids is 1. The minimum absolute atomic E-state index is 0.102. The highest BCUT2D eigenvalue weighted by molar-refractivity contribution is 5.94. The van der Waals surface area contributed by atoms with E-state index in [0.29, 0.717) is 18.5 Å². The van der Waals surface area contributed by atoms with Gasteiger partial charge in [-0.15, -0.1) is 0 Å². The van der Waals surface area contributed by atoms with E-state index in [-0.39, 0.29) is 17.8 Å². The van der Waals surface area contributed by atoms with Gasteiger partial charge in [0.2, 0.25) is 5.91 Å². The zero-order chi connectivity index (χ0) is 15.1. The summed E-state index contributed by atoms with van der Waals surface area (Å²) in [6.07, 6.45) is 0.551. The number of benzene rings is 2. The number of hydrogen-bond acceptors (Lipinski definition) is 2. The molecular weight excluding hydrogens is 267 g/mol. The highest BCUT2D eigenvalue weighted by Crippen LogP contribution is 2.07. The number of halogens is 1. The first kappa shape index (κ1) is 15.2. The van der Waals surface area contributed by atoms with Crippen LogP contribution in [-0.4, -0.2) is 18.5 Å². The lowest BCUT2D eigenvalue weighted by Gasteiger charge is -2.14. The van der Waals surface area contributed by atoms with E-state index in [4.69, 9.17) is 0 Å². The molecule has 3 nitrogen and oxygen atoms in total. The fourth-order valence-corrected chi connectivity index (χ4v) is 1.99. The SMILES string of the molecule is CC(NCCc1ccccc1F)C(=O)Nc1ccccc1. The standard InChI is InChI=1S/C17H19FN2O/c1-13(17(21)20-15-8-3-2-4-9-15)19-12-11-14-7-5-6-10-16(14)18/h2-10,13,19H,11-12H2,1H3,(H,20,21). The van der Waals surface area contributed by atoms with Crippen molar-refractivity contribution in [3.63, 3.8) is 0 Å². The number of anilines is 1. The van der Waals surface area contributed by atoms with Gasteiger partial charge in [0.1, 0.15) is 5.82 Å². The molecule has 0 radical (unpaired) electrons. The maximum atomic E-state index is 13.5. The summed E-state index contributed by atoms with van der Waals surface area (Å²) >= 11 is 0. The molecule has 0 heterocycles. The van der Waals surface area contributed by atoms with Crippen molar-refractivity contribution in [3.05, 3.63) is 66.0 Å². The Labute approximate surface area is 124 Å². The normalized spacial score (nSPS) is 11.9. The van der Waals surface area contributed by atoms with Gasteiger partial charge in [-0.05, 0) is 37.1 Å². The molecule has 1 amide bonds. The molecule has 0 aliphatic carbocycles. The monoisotopic (exact) mass is 286 g/mol. The topological polar surface area (TPSA) is 41.1 Å². The average molecular weight is 286 g/mol. The zero-order valence-electron chi connectivity index (χ0n) is 12.0. The van der Waals surface area contributed by atoms with Gasteiger partial charge >= 0.3 is 0 Å². The predicted octanol–water partition coefficient (Wildman–Crippen LogP) is 2.99. The van der Waals surface area contributed by atoms with E-state index < -0.39 is 0 Å². The summed E-state index contributed by atoms with van der Waals surface area (Å²) in [5.74, 6) is -0.310. The van der Waals surface area contributed by atoms with E-state index >= 15 is 0 Å². The van der Waals surface area contributed by atoms with E-state index in [0.717, 1.165) is 5.69 Å². The number of amides is 1. The van der Waals surface area contributed by atoms with Crippen LogP contribution in [0.2, 0.25) is 0 Å². The van der Waals surface area contributed by atoms with Crippen LogP contribution in [0, 0.1) is 5.82 Å². The third kappa shape index (κ3) is 4.68. The molecule has 0 bridgehead atoms. The minimum Gasteiger partial charge on any atom is -0.325 e. The van der Waals surface area contributed by atoms with E-state index in [9.17, 15) is 9.18 Å². The largest absolute Gasteiger partial charge is 0.325 e. The van der Waals surface area contributed by atoms with Crippen LogP contribution in [0.5, 0.6) is 0 Å². The molecular formula is C17H19FN2O. The fraction of sp³-hybridized carbons (Fsp3) is 0.235. The van der Waals surface area contributed by atoms with Crippen LogP contribution in [0.15, 0.2) is 54.6 Å². The number of nitrogens with one attached hydrogen (secondary N) is 2. The van der Waals surface area contributed by atoms with Crippen LogP contribution in [-0.2, 0) is 11.2 Å². The first-order valence-corrected chi connectivity index (χ1v) is 6.99. The summed E-state index contributed by atoms with van der Waals surface area (Å²) < 4.78 is 13.5. The van der Waals surface area contributed by atoms with Gasteiger partial charge in [0.25, 0.3) is 0 Å². The Morgan fingerprint density at radius 2 is 1.76 bits per heavy atom. The maximum absolute atomic E-state index is 13.5. The lowest BCUT2D eigenvalue weighted by Crippen LogP contribution is -2.39. The van der Waals surface area contributed by atoms with Crippen LogP contribution in [0.25, 0.3) is 0 Å². The number of rotatable bonds is 6. The van der Waals surface area contributed by atoms with Gasteiger partial charge in [0.15, 0.2) is 0 Å². The Bertz CT molecular complexity index is 586. The lowest BCUT2D eigenvalue weighted by molar-refractivity contribution is -0.117. The number of para-hydroxylation sites is 1. The number of carbonyl (C=O) groups is 1. The molecule has 0 aromatic heterocycles. The van der Waals surface area contributed by atoms with Crippen LogP contribution in [0.4, 0.5) is 10.1 Å². The second-order valence-corrected chi connectivity index (χ2v) is 4.87. The minimum atomic E-state index is -0.336. The van der Waals surface area contributed by atoms with Crippen LogP contribution in [0.3, 0.4) is 0 Å². The van der Waals surface area contributed by atoms with Gasteiger partial charge in [-0.3, -0.25) is 4.79 Å². The molecule has 1 atom stereocenters. The van der Waals surface area contributed by atoms with Crippen molar-refractivity contribution in [1.82, 2.24) is 5.32 Å². The molecule has 1 unspecified atom stereocenters. The molecule has 21 heavy (non-hydrogen) atoms. The Morgan fingerprint density at radius 1 is 1.10 bits per heavy atom. The van der Waals surface area contributed by atoms with E-state index in [1.54, 1.807) is 19.1 Å². The third-order valence-electron chi connectivity index (χ3n) is 3.24. The molecule has 2 aromatic carbocycles. The summed E-state index contributed by atoms with van der Waals surface area (Å²) in [7, 11) is 0. The summed E-state index contributed by atoms with van der Waals surface area (Å²) in [4.78, 5) is 12.0. The number of hydrogen-bond donors (Lipinski definition) is 2. The second kappa shape index (κ2) is 7.55. The molecule has 0 aliphatic heterocycles.